The summed E-state index contributed by atoms with van der Waals surface area (Å²) in [5.41, 5.74) is -0.154. The molecule has 1 saturated carbocycles. The number of esters is 1. The lowest BCUT2D eigenvalue weighted by Crippen LogP contribution is -2.26. The molecular weight excluding hydrogens is 218 g/mol. The zero-order chi connectivity index (χ0) is 13.1. The predicted molar refractivity (Wildman–Crippen MR) is 63.9 cm³/mol. The van der Waals surface area contributed by atoms with Crippen LogP contribution in [0.2, 0.25) is 0 Å². The van der Waals surface area contributed by atoms with E-state index in [4.69, 9.17) is 4.74 Å². The first-order chi connectivity index (χ1) is 7.95. The van der Waals surface area contributed by atoms with E-state index in [1.165, 1.54) is 0 Å². The summed E-state index contributed by atoms with van der Waals surface area (Å²) in [6.07, 6.45) is 0. The maximum Gasteiger partial charge on any atom is 0.384 e. The first kappa shape index (κ1) is 13.6. The quantitative estimate of drug-likeness (QED) is 0.452. The first-order valence-corrected chi connectivity index (χ1v) is 5.91. The molecule has 0 saturated heterocycles. The fourth-order valence-electron chi connectivity index (χ4n) is 1.98. The highest BCUT2D eigenvalue weighted by atomic mass is 16.5. The Balaban J connectivity index is 2.62. The van der Waals surface area contributed by atoms with E-state index in [0.29, 0.717) is 13.2 Å². The Morgan fingerprint density at radius 1 is 1.35 bits per heavy atom. The number of carbonyl (C=O) groups excluding carboxylic acids is 2. The summed E-state index contributed by atoms with van der Waals surface area (Å²) in [5.74, 6) is 4.59. The number of hydrogen-bond donors (Lipinski definition) is 1. The molecule has 0 aromatic heterocycles. The standard InChI is InChI=1S/C13H19NO3/c1-5-14-12(16)11-9(13(11,3)4)7-8-10(15)17-6-2/h9,11H,5-6H2,1-4H3,(H,14,16). The minimum atomic E-state index is -0.523. The van der Waals surface area contributed by atoms with E-state index < -0.39 is 5.97 Å². The topological polar surface area (TPSA) is 55.4 Å². The lowest BCUT2D eigenvalue weighted by molar-refractivity contribution is -0.136. The zero-order valence-corrected chi connectivity index (χ0v) is 10.8. The SMILES string of the molecule is CCNC(=O)C1C(C#CC(=O)OCC)C1(C)C. The molecule has 0 radical (unpaired) electrons. The van der Waals surface area contributed by atoms with Crippen molar-refractivity contribution in [3.8, 4) is 11.8 Å². The molecule has 0 spiro atoms. The summed E-state index contributed by atoms with van der Waals surface area (Å²) >= 11 is 0. The van der Waals surface area contributed by atoms with Crippen molar-refractivity contribution in [2.45, 2.75) is 27.7 Å². The van der Waals surface area contributed by atoms with E-state index in [1.807, 2.05) is 20.8 Å². The molecule has 0 aromatic carbocycles. The van der Waals surface area contributed by atoms with Gasteiger partial charge in [-0.25, -0.2) is 4.79 Å². The number of carbonyl (C=O) groups is 2. The van der Waals surface area contributed by atoms with Crippen LogP contribution >= 0.6 is 0 Å². The highest BCUT2D eigenvalue weighted by Gasteiger charge is 2.61. The van der Waals surface area contributed by atoms with Crippen molar-refractivity contribution in [3.63, 3.8) is 0 Å². The van der Waals surface area contributed by atoms with Crippen molar-refractivity contribution in [1.29, 1.82) is 0 Å². The number of nitrogens with one attached hydrogen (secondary N) is 1. The van der Waals surface area contributed by atoms with E-state index in [0.717, 1.165) is 0 Å². The van der Waals surface area contributed by atoms with Gasteiger partial charge in [-0.3, -0.25) is 4.79 Å². The summed E-state index contributed by atoms with van der Waals surface area (Å²) in [6.45, 7) is 8.52. The smallest absolute Gasteiger partial charge is 0.384 e. The Morgan fingerprint density at radius 2 is 2.00 bits per heavy atom. The van der Waals surface area contributed by atoms with Crippen LogP contribution < -0.4 is 5.32 Å². The van der Waals surface area contributed by atoms with E-state index in [2.05, 4.69) is 17.2 Å². The van der Waals surface area contributed by atoms with Crippen LogP contribution in [0.3, 0.4) is 0 Å². The first-order valence-electron chi connectivity index (χ1n) is 5.91. The molecule has 94 valence electrons. The van der Waals surface area contributed by atoms with Crippen molar-refractivity contribution in [3.05, 3.63) is 0 Å². The van der Waals surface area contributed by atoms with E-state index >= 15 is 0 Å². The maximum atomic E-state index is 11.7. The average molecular weight is 237 g/mol. The second kappa shape index (κ2) is 5.22. The molecule has 0 aromatic rings. The van der Waals surface area contributed by atoms with Gasteiger partial charge in [0.05, 0.1) is 12.5 Å². The van der Waals surface area contributed by atoms with Gasteiger partial charge in [-0.1, -0.05) is 19.8 Å². The van der Waals surface area contributed by atoms with Crippen molar-refractivity contribution < 1.29 is 14.3 Å². The molecule has 1 aliphatic rings. The van der Waals surface area contributed by atoms with Gasteiger partial charge in [-0.15, -0.1) is 0 Å². The Bertz CT molecular complexity index is 376. The molecule has 4 heteroatoms. The molecule has 1 amide bonds. The van der Waals surface area contributed by atoms with Gasteiger partial charge in [0.2, 0.25) is 5.91 Å². The zero-order valence-electron chi connectivity index (χ0n) is 10.8. The van der Waals surface area contributed by atoms with Crippen LogP contribution in [0, 0.1) is 29.1 Å². The molecule has 2 unspecified atom stereocenters. The third-order valence-electron chi connectivity index (χ3n) is 3.07. The minimum Gasteiger partial charge on any atom is -0.456 e. The third-order valence-corrected chi connectivity index (χ3v) is 3.07. The monoisotopic (exact) mass is 237 g/mol. The molecule has 1 fully saturated rings. The number of hydrogen-bond acceptors (Lipinski definition) is 3. The third kappa shape index (κ3) is 3.00. The van der Waals surface area contributed by atoms with Gasteiger partial charge in [0.1, 0.15) is 0 Å². The van der Waals surface area contributed by atoms with Gasteiger partial charge < -0.3 is 10.1 Å². The fourth-order valence-corrected chi connectivity index (χ4v) is 1.98. The van der Waals surface area contributed by atoms with Crippen molar-refractivity contribution >= 4 is 11.9 Å². The molecule has 1 rings (SSSR count). The second-order valence-corrected chi connectivity index (χ2v) is 4.66. The van der Waals surface area contributed by atoms with Crippen LogP contribution in [-0.4, -0.2) is 25.0 Å². The summed E-state index contributed by atoms with van der Waals surface area (Å²) in [4.78, 5) is 22.8. The van der Waals surface area contributed by atoms with Gasteiger partial charge in [0.15, 0.2) is 0 Å². The van der Waals surface area contributed by atoms with Crippen molar-refractivity contribution in [2.24, 2.45) is 17.3 Å². The van der Waals surface area contributed by atoms with Crippen molar-refractivity contribution in [2.75, 3.05) is 13.2 Å². The number of ether oxygens (including phenoxy) is 1. The highest BCUT2D eigenvalue weighted by molar-refractivity contribution is 5.89. The molecular formula is C13H19NO3. The van der Waals surface area contributed by atoms with E-state index in [-0.39, 0.29) is 23.2 Å². The Labute approximate surface area is 102 Å². The molecule has 0 bridgehead atoms. The normalized spacial score (nSPS) is 24.2. The number of amides is 1. The molecule has 1 aliphatic carbocycles. The lowest BCUT2D eigenvalue weighted by Gasteiger charge is -2.01. The van der Waals surface area contributed by atoms with Crippen molar-refractivity contribution in [1.82, 2.24) is 5.32 Å². The van der Waals surface area contributed by atoms with Gasteiger partial charge >= 0.3 is 5.97 Å². The Morgan fingerprint density at radius 3 is 2.53 bits per heavy atom. The number of rotatable bonds is 3. The molecule has 4 nitrogen and oxygen atoms in total. The minimum absolute atomic E-state index is 0.0145. The van der Waals surface area contributed by atoms with Gasteiger partial charge in [-0.2, -0.15) is 0 Å². The Hall–Kier alpha value is -1.50. The summed E-state index contributed by atoms with van der Waals surface area (Å²) in [7, 11) is 0. The Kier molecular flexibility index (Phi) is 4.17. The van der Waals surface area contributed by atoms with Crippen LogP contribution in [0.4, 0.5) is 0 Å². The van der Waals surface area contributed by atoms with Gasteiger partial charge in [0.25, 0.3) is 0 Å². The van der Waals surface area contributed by atoms with Crippen LogP contribution in [-0.2, 0) is 14.3 Å². The maximum absolute atomic E-state index is 11.7. The largest absolute Gasteiger partial charge is 0.456 e. The van der Waals surface area contributed by atoms with Gasteiger partial charge in [-0.05, 0) is 19.3 Å². The molecule has 0 heterocycles. The summed E-state index contributed by atoms with van der Waals surface area (Å²) in [5, 5.41) is 2.78. The molecule has 2 atom stereocenters. The summed E-state index contributed by atoms with van der Waals surface area (Å²) < 4.78 is 4.72. The molecule has 1 N–H and O–H groups in total. The predicted octanol–water partition coefficient (Wildman–Crippen LogP) is 0.961. The van der Waals surface area contributed by atoms with Crippen LogP contribution in [0.25, 0.3) is 0 Å². The second-order valence-electron chi connectivity index (χ2n) is 4.66. The summed E-state index contributed by atoms with van der Waals surface area (Å²) in [6, 6.07) is 0. The van der Waals surface area contributed by atoms with Crippen LogP contribution in [0.15, 0.2) is 0 Å². The van der Waals surface area contributed by atoms with E-state index in [1.54, 1.807) is 6.92 Å². The van der Waals surface area contributed by atoms with Gasteiger partial charge in [0, 0.05) is 18.4 Å². The van der Waals surface area contributed by atoms with E-state index in [9.17, 15) is 9.59 Å². The molecule has 17 heavy (non-hydrogen) atoms. The van der Waals surface area contributed by atoms with Crippen LogP contribution in [0.5, 0.6) is 0 Å². The lowest BCUT2D eigenvalue weighted by atomic mass is 10.1. The average Bonchev–Trinajstić information content (AvgIpc) is 2.78. The highest BCUT2D eigenvalue weighted by Crippen LogP contribution is 2.57. The molecule has 0 aliphatic heterocycles. The fraction of sp³-hybridized carbons (Fsp3) is 0.692. The van der Waals surface area contributed by atoms with Crippen LogP contribution in [0.1, 0.15) is 27.7 Å².